The van der Waals surface area contributed by atoms with E-state index in [1.54, 1.807) is 12.1 Å². The van der Waals surface area contributed by atoms with E-state index in [0.717, 1.165) is 5.56 Å². The molecule has 14 heavy (non-hydrogen) atoms. The zero-order valence-corrected chi connectivity index (χ0v) is 7.38. The summed E-state index contributed by atoms with van der Waals surface area (Å²) in [5.74, 6) is -1.04. The number of rotatable bonds is 4. The van der Waals surface area contributed by atoms with Crippen LogP contribution in [-0.2, 0) is 11.2 Å². The molecule has 0 saturated heterocycles. The van der Waals surface area contributed by atoms with Crippen molar-refractivity contribution in [3.05, 3.63) is 34.7 Å². The second-order valence-corrected chi connectivity index (χ2v) is 2.91. The number of carboxylic acid groups (broad SMARTS) is 1. The van der Waals surface area contributed by atoms with Crippen LogP contribution in [0.3, 0.4) is 0 Å². The van der Waals surface area contributed by atoms with Crippen LogP contribution in [-0.4, -0.2) is 17.1 Å². The fraction of sp³-hybridized carbons (Fsp3) is 0.222. The van der Waals surface area contributed by atoms with E-state index < -0.39 is 12.0 Å². The maximum absolute atomic E-state index is 10.4. The number of aliphatic carboxylic acids is 1. The minimum Gasteiger partial charge on any atom is -0.480 e. The molecule has 5 nitrogen and oxygen atoms in total. The predicted molar refractivity (Wildman–Crippen MR) is 51.2 cm³/mol. The number of carbonyl (C=O) groups is 1. The van der Waals surface area contributed by atoms with Gasteiger partial charge in [-0.3, -0.25) is 4.79 Å². The molecule has 0 bridgehead atoms. The van der Waals surface area contributed by atoms with E-state index >= 15 is 0 Å². The van der Waals surface area contributed by atoms with Gasteiger partial charge in [-0.15, -0.1) is 4.91 Å². The van der Waals surface area contributed by atoms with Crippen molar-refractivity contribution in [1.29, 1.82) is 0 Å². The molecule has 3 N–H and O–H groups in total. The van der Waals surface area contributed by atoms with Crippen LogP contribution in [0, 0.1) is 4.91 Å². The molecule has 0 fully saturated rings. The second kappa shape index (κ2) is 4.48. The predicted octanol–water partition coefficient (Wildman–Crippen LogP) is 1.04. The Morgan fingerprint density at radius 2 is 2.00 bits per heavy atom. The molecule has 0 unspecified atom stereocenters. The monoisotopic (exact) mass is 194 g/mol. The van der Waals surface area contributed by atoms with Crippen molar-refractivity contribution in [3.8, 4) is 0 Å². The lowest BCUT2D eigenvalue weighted by atomic mass is 10.1. The number of nitrogens with two attached hydrogens (primary N) is 1. The first kappa shape index (κ1) is 10.3. The number of benzene rings is 1. The minimum absolute atomic E-state index is 0.245. The third-order valence-corrected chi connectivity index (χ3v) is 1.81. The van der Waals surface area contributed by atoms with Crippen molar-refractivity contribution in [2.45, 2.75) is 12.5 Å². The van der Waals surface area contributed by atoms with Gasteiger partial charge in [0.15, 0.2) is 0 Å². The molecule has 0 radical (unpaired) electrons. The lowest BCUT2D eigenvalue weighted by molar-refractivity contribution is -0.138. The highest BCUT2D eigenvalue weighted by molar-refractivity contribution is 5.73. The number of nitrogens with zero attached hydrogens (tertiary/aromatic N) is 1. The molecule has 0 saturated carbocycles. The van der Waals surface area contributed by atoms with Crippen LogP contribution in [0.15, 0.2) is 29.4 Å². The molecule has 0 heterocycles. The van der Waals surface area contributed by atoms with Crippen LogP contribution in [0.1, 0.15) is 5.56 Å². The van der Waals surface area contributed by atoms with Gasteiger partial charge in [0, 0.05) is 0 Å². The number of hydrogen-bond donors (Lipinski definition) is 2. The summed E-state index contributed by atoms with van der Waals surface area (Å²) in [6.07, 6.45) is 0.245. The molecule has 0 amide bonds. The van der Waals surface area contributed by atoms with E-state index in [-0.39, 0.29) is 6.42 Å². The van der Waals surface area contributed by atoms with Crippen molar-refractivity contribution in [3.63, 3.8) is 0 Å². The summed E-state index contributed by atoms with van der Waals surface area (Å²) in [5, 5.41) is 11.3. The third-order valence-electron chi connectivity index (χ3n) is 1.81. The molecule has 5 heteroatoms. The Kier molecular flexibility index (Phi) is 3.30. The maximum Gasteiger partial charge on any atom is 0.320 e. The first-order chi connectivity index (χ1) is 6.63. The van der Waals surface area contributed by atoms with Gasteiger partial charge in [0.2, 0.25) is 0 Å². The molecule has 1 rings (SSSR count). The highest BCUT2D eigenvalue weighted by Crippen LogP contribution is 2.13. The largest absolute Gasteiger partial charge is 0.480 e. The highest BCUT2D eigenvalue weighted by Gasteiger charge is 2.11. The Morgan fingerprint density at radius 3 is 2.43 bits per heavy atom. The zero-order chi connectivity index (χ0) is 10.6. The summed E-state index contributed by atoms with van der Waals surface area (Å²) in [5.41, 5.74) is 6.42. The van der Waals surface area contributed by atoms with E-state index in [2.05, 4.69) is 5.18 Å². The van der Waals surface area contributed by atoms with Crippen LogP contribution in [0.5, 0.6) is 0 Å². The molecule has 74 valence electrons. The third kappa shape index (κ3) is 2.63. The van der Waals surface area contributed by atoms with Gasteiger partial charge in [0.05, 0.1) is 0 Å². The summed E-state index contributed by atoms with van der Waals surface area (Å²) < 4.78 is 0. The fourth-order valence-corrected chi connectivity index (χ4v) is 1.03. The zero-order valence-electron chi connectivity index (χ0n) is 7.38. The van der Waals surface area contributed by atoms with Gasteiger partial charge < -0.3 is 10.8 Å². The molecule has 0 aliphatic rings. The molecule has 0 aromatic heterocycles. The van der Waals surface area contributed by atoms with Crippen molar-refractivity contribution < 1.29 is 9.90 Å². The molecular formula is C9H10N2O3. The van der Waals surface area contributed by atoms with Crippen LogP contribution in [0.2, 0.25) is 0 Å². The van der Waals surface area contributed by atoms with Crippen molar-refractivity contribution in [2.75, 3.05) is 0 Å². The number of carboxylic acids is 1. The summed E-state index contributed by atoms with van der Waals surface area (Å²) in [4.78, 5) is 20.5. The highest BCUT2D eigenvalue weighted by atomic mass is 16.4. The standard InChI is InChI=1S/C9H10N2O3/c10-8(9(12)13)5-6-1-3-7(11-14)4-2-6/h1-4,8H,5,10H2,(H,12,13)/t8-/m0/s1. The Bertz CT molecular complexity index is 334. The second-order valence-electron chi connectivity index (χ2n) is 2.91. The lowest BCUT2D eigenvalue weighted by Crippen LogP contribution is -2.32. The van der Waals surface area contributed by atoms with Crippen molar-refractivity contribution in [1.82, 2.24) is 0 Å². The first-order valence-electron chi connectivity index (χ1n) is 4.04. The van der Waals surface area contributed by atoms with Crippen molar-refractivity contribution in [2.24, 2.45) is 10.9 Å². The molecule has 1 aromatic carbocycles. The Hall–Kier alpha value is -1.75. The van der Waals surface area contributed by atoms with E-state index in [4.69, 9.17) is 10.8 Å². The molecule has 0 aliphatic carbocycles. The van der Waals surface area contributed by atoms with Gasteiger partial charge in [-0.1, -0.05) is 12.1 Å². The molecule has 0 aliphatic heterocycles. The summed E-state index contributed by atoms with van der Waals surface area (Å²) >= 11 is 0. The number of hydrogen-bond acceptors (Lipinski definition) is 4. The maximum atomic E-state index is 10.4. The molecule has 1 atom stereocenters. The number of nitroso groups, excluding NO2 is 1. The quantitative estimate of drug-likeness (QED) is 0.700. The lowest BCUT2D eigenvalue weighted by Gasteiger charge is -2.05. The van der Waals surface area contributed by atoms with Gasteiger partial charge in [-0.2, -0.15) is 0 Å². The Labute approximate surface area is 80.5 Å². The average molecular weight is 194 g/mol. The van der Waals surface area contributed by atoms with E-state index in [1.165, 1.54) is 12.1 Å². The topological polar surface area (TPSA) is 92.8 Å². The van der Waals surface area contributed by atoms with Gasteiger partial charge in [-0.25, -0.2) is 0 Å². The van der Waals surface area contributed by atoms with E-state index in [1.807, 2.05) is 0 Å². The van der Waals surface area contributed by atoms with Crippen molar-refractivity contribution >= 4 is 11.7 Å². The van der Waals surface area contributed by atoms with Gasteiger partial charge >= 0.3 is 5.97 Å². The molecule has 0 spiro atoms. The smallest absolute Gasteiger partial charge is 0.320 e. The summed E-state index contributed by atoms with van der Waals surface area (Å²) in [6, 6.07) is 5.41. The van der Waals surface area contributed by atoms with Crippen LogP contribution in [0.4, 0.5) is 5.69 Å². The van der Waals surface area contributed by atoms with Crippen LogP contribution < -0.4 is 5.73 Å². The van der Waals surface area contributed by atoms with Crippen LogP contribution in [0.25, 0.3) is 0 Å². The van der Waals surface area contributed by atoms with Gasteiger partial charge in [-0.05, 0) is 29.3 Å². The Morgan fingerprint density at radius 1 is 1.43 bits per heavy atom. The van der Waals surface area contributed by atoms with Gasteiger partial charge in [0.1, 0.15) is 11.7 Å². The molecule has 1 aromatic rings. The SMILES string of the molecule is N[C@@H](Cc1ccc(N=O)cc1)C(=O)O. The molecular weight excluding hydrogens is 184 g/mol. The fourth-order valence-electron chi connectivity index (χ4n) is 1.03. The van der Waals surface area contributed by atoms with Gasteiger partial charge in [0.25, 0.3) is 0 Å². The summed E-state index contributed by atoms with van der Waals surface area (Å²) in [6.45, 7) is 0. The average Bonchev–Trinajstić information content (AvgIpc) is 2.19. The minimum atomic E-state index is -1.04. The Balaban J connectivity index is 2.68. The van der Waals surface area contributed by atoms with Crippen LogP contribution >= 0.6 is 0 Å². The van der Waals surface area contributed by atoms with E-state index in [0.29, 0.717) is 5.69 Å². The summed E-state index contributed by atoms with van der Waals surface area (Å²) in [7, 11) is 0. The van der Waals surface area contributed by atoms with E-state index in [9.17, 15) is 9.70 Å². The first-order valence-corrected chi connectivity index (χ1v) is 4.04. The normalized spacial score (nSPS) is 12.1.